The van der Waals surface area contributed by atoms with Crippen molar-refractivity contribution in [3.05, 3.63) is 285 Å². The Kier molecular flexibility index (Phi) is 11.0. The monoisotopic (exact) mass is 877 g/mol. The maximum atomic E-state index is 2.42. The Bertz CT molecular complexity index is 3730. The van der Waals surface area contributed by atoms with Crippen LogP contribution in [-0.4, -0.2) is 0 Å². The van der Waals surface area contributed by atoms with Crippen molar-refractivity contribution < 1.29 is 0 Å². The number of rotatable bonds is 10. The molecule has 12 aromatic rings. The van der Waals surface area contributed by atoms with Crippen LogP contribution >= 0.6 is 0 Å². The average Bonchev–Trinajstić information content (AvgIpc) is 3.44. The molecule has 0 N–H and O–H groups in total. The standard InChI is InChI=1S/C68H47N/c1-6-21-49(22-7-1)59-43-39-55(46-64(59)51-25-10-3-11-26-51)48-37-41-57(42-38-48)69(66-36-19-18-33-60(66)50-23-8-2-9-24-50)58-32-20-31-54(45-58)56-40-44-62-61-34-16-17-35-63(61)67(52-27-12-4-13-28-52)68(65(62)47-56)53-29-14-5-15-30-53/h1-47H. The maximum Gasteiger partial charge on any atom is 0.0540 e. The lowest BCUT2D eigenvalue weighted by atomic mass is 9.84. The number of benzene rings is 12. The first kappa shape index (κ1) is 41.4. The van der Waals surface area contributed by atoms with Gasteiger partial charge in [-0.15, -0.1) is 0 Å². The summed E-state index contributed by atoms with van der Waals surface area (Å²) in [5.74, 6) is 0. The molecule has 1 nitrogen and oxygen atoms in total. The highest BCUT2D eigenvalue weighted by atomic mass is 15.1. The maximum absolute atomic E-state index is 2.42. The number of hydrogen-bond donors (Lipinski definition) is 0. The molecule has 0 saturated heterocycles. The van der Waals surface area contributed by atoms with Crippen LogP contribution in [0.4, 0.5) is 17.1 Å². The number of hydrogen-bond acceptors (Lipinski definition) is 1. The molecule has 0 heterocycles. The second kappa shape index (κ2) is 18.3. The molecule has 0 saturated carbocycles. The van der Waals surface area contributed by atoms with Gasteiger partial charge in [0, 0.05) is 16.9 Å². The summed E-state index contributed by atoms with van der Waals surface area (Å²) in [5, 5.41) is 4.98. The second-order valence-corrected chi connectivity index (χ2v) is 17.6. The van der Waals surface area contributed by atoms with Crippen molar-refractivity contribution in [3.8, 4) is 77.9 Å². The Balaban J connectivity index is 1.01. The normalized spacial score (nSPS) is 11.2. The Hall–Kier alpha value is -9.04. The van der Waals surface area contributed by atoms with Gasteiger partial charge in [0.2, 0.25) is 0 Å². The van der Waals surface area contributed by atoms with Crippen LogP contribution in [0.2, 0.25) is 0 Å². The molecule has 0 aliphatic heterocycles. The molecule has 12 aromatic carbocycles. The molecule has 12 rings (SSSR count). The Labute approximate surface area is 404 Å². The number of anilines is 3. The van der Waals surface area contributed by atoms with Crippen LogP contribution in [0.5, 0.6) is 0 Å². The van der Waals surface area contributed by atoms with E-state index in [4.69, 9.17) is 0 Å². The van der Waals surface area contributed by atoms with E-state index in [9.17, 15) is 0 Å². The molecular formula is C68H47N. The van der Waals surface area contributed by atoms with Crippen LogP contribution < -0.4 is 4.90 Å². The van der Waals surface area contributed by atoms with Crippen LogP contribution in [0.1, 0.15) is 0 Å². The van der Waals surface area contributed by atoms with E-state index in [1.54, 1.807) is 0 Å². The van der Waals surface area contributed by atoms with E-state index in [0.29, 0.717) is 0 Å². The highest BCUT2D eigenvalue weighted by molar-refractivity contribution is 6.22. The zero-order valence-corrected chi connectivity index (χ0v) is 38.1. The zero-order chi connectivity index (χ0) is 45.9. The fraction of sp³-hybridized carbons (Fsp3) is 0. The number of nitrogens with zero attached hydrogens (tertiary/aromatic N) is 1. The lowest BCUT2D eigenvalue weighted by molar-refractivity contribution is 1.28. The second-order valence-electron chi connectivity index (χ2n) is 17.6. The van der Waals surface area contributed by atoms with Crippen molar-refractivity contribution in [2.24, 2.45) is 0 Å². The van der Waals surface area contributed by atoms with Gasteiger partial charge in [0.25, 0.3) is 0 Å². The van der Waals surface area contributed by atoms with Gasteiger partial charge in [-0.05, 0) is 136 Å². The largest absolute Gasteiger partial charge is 0.310 e. The third-order valence-corrected chi connectivity index (χ3v) is 13.5. The van der Waals surface area contributed by atoms with Gasteiger partial charge in [0.05, 0.1) is 5.69 Å². The lowest BCUT2D eigenvalue weighted by Gasteiger charge is -2.28. The number of para-hydroxylation sites is 1. The Morgan fingerprint density at radius 3 is 1.26 bits per heavy atom. The van der Waals surface area contributed by atoms with E-state index in [1.165, 1.54) is 77.2 Å². The van der Waals surface area contributed by atoms with Crippen LogP contribution in [0.3, 0.4) is 0 Å². The molecule has 0 aromatic heterocycles. The molecule has 0 amide bonds. The van der Waals surface area contributed by atoms with Crippen molar-refractivity contribution >= 4 is 38.6 Å². The van der Waals surface area contributed by atoms with Gasteiger partial charge in [0.1, 0.15) is 0 Å². The summed E-state index contributed by atoms with van der Waals surface area (Å²) in [6.07, 6.45) is 0. The fourth-order valence-electron chi connectivity index (χ4n) is 10.2. The number of fused-ring (bicyclic) bond motifs is 3. The summed E-state index contributed by atoms with van der Waals surface area (Å²) >= 11 is 0. The van der Waals surface area contributed by atoms with Gasteiger partial charge in [-0.3, -0.25) is 0 Å². The quantitative estimate of drug-likeness (QED) is 0.124. The van der Waals surface area contributed by atoms with E-state index in [1.807, 2.05) is 0 Å². The van der Waals surface area contributed by atoms with Crippen LogP contribution in [0.15, 0.2) is 285 Å². The van der Waals surface area contributed by atoms with Crippen molar-refractivity contribution in [2.45, 2.75) is 0 Å². The topological polar surface area (TPSA) is 3.24 Å². The first-order chi connectivity index (χ1) is 34.2. The van der Waals surface area contributed by atoms with Crippen LogP contribution in [0, 0.1) is 0 Å². The highest BCUT2D eigenvalue weighted by Gasteiger charge is 2.21. The van der Waals surface area contributed by atoms with E-state index >= 15 is 0 Å². The molecule has 0 aliphatic rings. The van der Waals surface area contributed by atoms with Crippen LogP contribution in [0.25, 0.3) is 99.4 Å². The minimum atomic E-state index is 1.08. The van der Waals surface area contributed by atoms with Gasteiger partial charge >= 0.3 is 0 Å². The minimum absolute atomic E-state index is 1.08. The molecular weight excluding hydrogens is 831 g/mol. The average molecular weight is 878 g/mol. The van der Waals surface area contributed by atoms with Crippen molar-refractivity contribution in [1.29, 1.82) is 0 Å². The van der Waals surface area contributed by atoms with Crippen molar-refractivity contribution in [2.75, 3.05) is 4.90 Å². The fourth-order valence-corrected chi connectivity index (χ4v) is 10.2. The van der Waals surface area contributed by atoms with Gasteiger partial charge in [-0.2, -0.15) is 0 Å². The molecule has 0 unspecified atom stereocenters. The molecule has 0 spiro atoms. The molecule has 0 aliphatic carbocycles. The Morgan fingerprint density at radius 1 is 0.188 bits per heavy atom. The van der Waals surface area contributed by atoms with Gasteiger partial charge in [-0.25, -0.2) is 0 Å². The highest BCUT2D eigenvalue weighted by Crippen LogP contribution is 2.47. The van der Waals surface area contributed by atoms with Gasteiger partial charge < -0.3 is 4.90 Å². The molecule has 0 radical (unpaired) electrons. The predicted molar refractivity (Wildman–Crippen MR) is 294 cm³/mol. The summed E-state index contributed by atoms with van der Waals surface area (Å²) in [7, 11) is 0. The third-order valence-electron chi connectivity index (χ3n) is 13.5. The van der Waals surface area contributed by atoms with E-state index in [-0.39, 0.29) is 0 Å². The van der Waals surface area contributed by atoms with E-state index < -0.39 is 0 Å². The molecule has 0 atom stereocenters. The summed E-state index contributed by atoms with van der Waals surface area (Å²) in [5.41, 5.74) is 20.0. The summed E-state index contributed by atoms with van der Waals surface area (Å²) in [6, 6.07) is 104. The molecule has 1 heteroatoms. The summed E-state index contributed by atoms with van der Waals surface area (Å²) in [4.78, 5) is 2.42. The minimum Gasteiger partial charge on any atom is -0.310 e. The zero-order valence-electron chi connectivity index (χ0n) is 38.1. The molecule has 0 bridgehead atoms. The first-order valence-electron chi connectivity index (χ1n) is 23.7. The smallest absolute Gasteiger partial charge is 0.0540 e. The SMILES string of the molecule is c1ccc(-c2ccc(-c3ccc(N(c4cccc(-c5ccc6c(c5)c(-c5ccccc5)c(-c5ccccc5)c5ccccc56)c4)c4ccccc4-c4ccccc4)cc3)cc2-c2ccccc2)cc1. The first-order valence-corrected chi connectivity index (χ1v) is 23.7. The van der Waals surface area contributed by atoms with E-state index in [2.05, 4.69) is 290 Å². The lowest BCUT2D eigenvalue weighted by Crippen LogP contribution is -2.11. The Morgan fingerprint density at radius 2 is 0.623 bits per heavy atom. The molecule has 324 valence electrons. The summed E-state index contributed by atoms with van der Waals surface area (Å²) in [6.45, 7) is 0. The van der Waals surface area contributed by atoms with Gasteiger partial charge in [0.15, 0.2) is 0 Å². The van der Waals surface area contributed by atoms with E-state index in [0.717, 1.165) is 39.3 Å². The predicted octanol–water partition coefficient (Wildman–Crippen LogP) is 19.1. The van der Waals surface area contributed by atoms with Crippen molar-refractivity contribution in [3.63, 3.8) is 0 Å². The van der Waals surface area contributed by atoms with Crippen LogP contribution in [-0.2, 0) is 0 Å². The van der Waals surface area contributed by atoms with Crippen molar-refractivity contribution in [1.82, 2.24) is 0 Å². The van der Waals surface area contributed by atoms with Gasteiger partial charge in [-0.1, -0.05) is 243 Å². The molecule has 0 fully saturated rings. The third kappa shape index (κ3) is 7.97. The summed E-state index contributed by atoms with van der Waals surface area (Å²) < 4.78 is 0. The molecule has 69 heavy (non-hydrogen) atoms.